The maximum Gasteiger partial charge on any atom is 0.573 e. The number of halogens is 6. The minimum Gasteiger partial charge on any atom is -0.406 e. The van der Waals surface area contributed by atoms with E-state index in [-0.39, 0.29) is 16.7 Å². The van der Waals surface area contributed by atoms with E-state index in [0.29, 0.717) is 0 Å². The van der Waals surface area contributed by atoms with E-state index < -0.39 is 30.5 Å². The zero-order chi connectivity index (χ0) is 17.3. The van der Waals surface area contributed by atoms with Crippen molar-refractivity contribution in [3.05, 3.63) is 53.6 Å². The van der Waals surface area contributed by atoms with Crippen LogP contribution in [0.3, 0.4) is 0 Å². The van der Waals surface area contributed by atoms with Crippen molar-refractivity contribution in [1.29, 1.82) is 0 Å². The third-order valence-corrected chi connectivity index (χ3v) is 3.01. The SMILES string of the molecule is OCc1ccc(C(F)(F)F)cc1-c1ccc(OC(F)(F)F)cc1. The second-order valence-electron chi connectivity index (χ2n) is 4.60. The summed E-state index contributed by atoms with van der Waals surface area (Å²) >= 11 is 0. The van der Waals surface area contributed by atoms with Crippen LogP contribution in [0.2, 0.25) is 0 Å². The van der Waals surface area contributed by atoms with Crippen LogP contribution >= 0.6 is 0 Å². The zero-order valence-electron chi connectivity index (χ0n) is 11.4. The molecule has 0 unspecified atom stereocenters. The molecule has 0 aliphatic rings. The summed E-state index contributed by atoms with van der Waals surface area (Å²) in [7, 11) is 0. The van der Waals surface area contributed by atoms with Crippen LogP contribution in [0.15, 0.2) is 42.5 Å². The number of hydrogen-bond donors (Lipinski definition) is 1. The maximum absolute atomic E-state index is 12.8. The molecule has 0 saturated heterocycles. The third-order valence-electron chi connectivity index (χ3n) is 3.01. The van der Waals surface area contributed by atoms with Crippen molar-refractivity contribution in [2.75, 3.05) is 0 Å². The predicted octanol–water partition coefficient (Wildman–Crippen LogP) is 4.76. The lowest BCUT2D eigenvalue weighted by atomic mass is 9.97. The van der Waals surface area contributed by atoms with Crippen LogP contribution in [-0.2, 0) is 12.8 Å². The Morgan fingerprint density at radius 2 is 1.48 bits per heavy atom. The highest BCUT2D eigenvalue weighted by molar-refractivity contribution is 5.69. The average molecular weight is 336 g/mol. The standard InChI is InChI=1S/C15H10F6O2/c16-14(17,18)11-4-1-10(8-22)13(7-11)9-2-5-12(6-3-9)23-15(19,20)21/h1-7,22H,8H2. The number of ether oxygens (including phenoxy) is 1. The van der Waals surface area contributed by atoms with Gasteiger partial charge in [0.05, 0.1) is 12.2 Å². The molecule has 23 heavy (non-hydrogen) atoms. The Balaban J connectivity index is 2.40. The summed E-state index contributed by atoms with van der Waals surface area (Å²) < 4.78 is 78.2. The van der Waals surface area contributed by atoms with Crippen LogP contribution in [0.1, 0.15) is 11.1 Å². The fraction of sp³-hybridized carbons (Fsp3) is 0.200. The molecule has 0 heterocycles. The molecule has 0 atom stereocenters. The molecule has 0 radical (unpaired) electrons. The van der Waals surface area contributed by atoms with Gasteiger partial charge in [-0.05, 0) is 41.0 Å². The van der Waals surface area contributed by atoms with Gasteiger partial charge in [-0.2, -0.15) is 13.2 Å². The molecule has 0 amide bonds. The highest BCUT2D eigenvalue weighted by Gasteiger charge is 2.32. The molecule has 2 aromatic rings. The smallest absolute Gasteiger partial charge is 0.406 e. The van der Waals surface area contributed by atoms with Gasteiger partial charge in [-0.3, -0.25) is 0 Å². The molecule has 2 rings (SSSR count). The third kappa shape index (κ3) is 4.38. The molecular weight excluding hydrogens is 326 g/mol. The maximum atomic E-state index is 12.8. The van der Waals surface area contributed by atoms with Gasteiger partial charge in [-0.25, -0.2) is 0 Å². The lowest BCUT2D eigenvalue weighted by Crippen LogP contribution is -2.16. The number of alkyl halides is 6. The number of benzene rings is 2. The van der Waals surface area contributed by atoms with Crippen molar-refractivity contribution in [1.82, 2.24) is 0 Å². The first-order chi connectivity index (χ1) is 10.6. The summed E-state index contributed by atoms with van der Waals surface area (Å²) in [6.07, 6.45) is -9.42. The largest absolute Gasteiger partial charge is 0.573 e. The highest BCUT2D eigenvalue weighted by Crippen LogP contribution is 2.35. The normalized spacial score (nSPS) is 12.3. The molecular formula is C15H10F6O2. The van der Waals surface area contributed by atoms with E-state index in [9.17, 15) is 31.4 Å². The van der Waals surface area contributed by atoms with Crippen molar-refractivity contribution >= 4 is 0 Å². The molecule has 2 aromatic carbocycles. The molecule has 1 N–H and O–H groups in total. The second kappa shape index (κ2) is 6.11. The predicted molar refractivity (Wildman–Crippen MR) is 69.5 cm³/mol. The first-order valence-corrected chi connectivity index (χ1v) is 6.27. The monoisotopic (exact) mass is 336 g/mol. The Morgan fingerprint density at radius 3 is 1.96 bits per heavy atom. The van der Waals surface area contributed by atoms with E-state index >= 15 is 0 Å². The summed E-state index contributed by atoms with van der Waals surface area (Å²) in [4.78, 5) is 0. The summed E-state index contributed by atoms with van der Waals surface area (Å²) in [6.45, 7) is -0.506. The Morgan fingerprint density at radius 1 is 0.870 bits per heavy atom. The molecule has 2 nitrogen and oxygen atoms in total. The van der Waals surface area contributed by atoms with E-state index in [1.807, 2.05) is 0 Å². The van der Waals surface area contributed by atoms with Crippen molar-refractivity contribution in [2.45, 2.75) is 19.1 Å². The molecule has 0 spiro atoms. The number of rotatable bonds is 3. The summed E-state index contributed by atoms with van der Waals surface area (Å²) in [6, 6.07) is 7.15. The molecule has 0 aliphatic heterocycles. The minimum absolute atomic E-state index is 0.0842. The van der Waals surface area contributed by atoms with Crippen LogP contribution in [-0.4, -0.2) is 11.5 Å². The van der Waals surface area contributed by atoms with Gasteiger partial charge >= 0.3 is 12.5 Å². The molecule has 0 fully saturated rings. The highest BCUT2D eigenvalue weighted by atomic mass is 19.4. The van der Waals surface area contributed by atoms with Gasteiger partial charge in [0.25, 0.3) is 0 Å². The van der Waals surface area contributed by atoms with Gasteiger partial charge in [0, 0.05) is 0 Å². The quantitative estimate of drug-likeness (QED) is 0.819. The average Bonchev–Trinajstić information content (AvgIpc) is 2.45. The lowest BCUT2D eigenvalue weighted by Gasteiger charge is -2.13. The number of aliphatic hydroxyl groups is 1. The van der Waals surface area contributed by atoms with Gasteiger partial charge in [0.1, 0.15) is 5.75 Å². The first-order valence-electron chi connectivity index (χ1n) is 6.27. The topological polar surface area (TPSA) is 29.5 Å². The van der Waals surface area contributed by atoms with Crippen molar-refractivity contribution in [3.8, 4) is 16.9 Å². The molecule has 0 saturated carbocycles. The van der Waals surface area contributed by atoms with Crippen LogP contribution in [0.25, 0.3) is 11.1 Å². The van der Waals surface area contributed by atoms with E-state index in [2.05, 4.69) is 4.74 Å². The Labute approximate surface area is 126 Å². The fourth-order valence-electron chi connectivity index (χ4n) is 2.00. The van der Waals surface area contributed by atoms with Gasteiger partial charge in [-0.1, -0.05) is 18.2 Å². The molecule has 124 valence electrons. The molecule has 8 heteroatoms. The Hall–Kier alpha value is -2.22. The first kappa shape index (κ1) is 17.1. The van der Waals surface area contributed by atoms with Crippen LogP contribution in [0.5, 0.6) is 5.75 Å². The van der Waals surface area contributed by atoms with Crippen LogP contribution < -0.4 is 4.74 Å². The van der Waals surface area contributed by atoms with E-state index in [1.165, 1.54) is 12.1 Å². The van der Waals surface area contributed by atoms with Gasteiger partial charge in [-0.15, -0.1) is 13.2 Å². The van der Waals surface area contributed by atoms with Gasteiger partial charge in [0.2, 0.25) is 0 Å². The van der Waals surface area contributed by atoms with E-state index in [1.54, 1.807) is 0 Å². The second-order valence-corrected chi connectivity index (χ2v) is 4.60. The van der Waals surface area contributed by atoms with Gasteiger partial charge in [0.15, 0.2) is 0 Å². The van der Waals surface area contributed by atoms with Crippen LogP contribution in [0.4, 0.5) is 26.3 Å². The van der Waals surface area contributed by atoms with Crippen molar-refractivity contribution in [2.24, 2.45) is 0 Å². The number of aliphatic hydroxyl groups excluding tert-OH is 1. The Kier molecular flexibility index (Phi) is 4.56. The number of hydrogen-bond acceptors (Lipinski definition) is 2. The molecule has 0 aromatic heterocycles. The Bertz CT molecular complexity index is 674. The van der Waals surface area contributed by atoms with E-state index in [4.69, 9.17) is 0 Å². The zero-order valence-corrected chi connectivity index (χ0v) is 11.4. The van der Waals surface area contributed by atoms with Gasteiger partial charge < -0.3 is 9.84 Å². The summed E-state index contributed by atoms with van der Waals surface area (Å²) in [5.74, 6) is -0.487. The van der Waals surface area contributed by atoms with Crippen molar-refractivity contribution in [3.63, 3.8) is 0 Å². The summed E-state index contributed by atoms with van der Waals surface area (Å²) in [5.41, 5.74) is -0.377. The van der Waals surface area contributed by atoms with Crippen molar-refractivity contribution < 1.29 is 36.2 Å². The minimum atomic E-state index is -4.85. The molecule has 0 bridgehead atoms. The van der Waals surface area contributed by atoms with E-state index in [0.717, 1.165) is 30.3 Å². The molecule has 0 aliphatic carbocycles. The lowest BCUT2D eigenvalue weighted by molar-refractivity contribution is -0.274. The fourth-order valence-corrected chi connectivity index (χ4v) is 2.00. The van der Waals surface area contributed by atoms with Crippen LogP contribution in [0, 0.1) is 0 Å². The summed E-state index contributed by atoms with van der Waals surface area (Å²) in [5, 5.41) is 9.23.